The first kappa shape index (κ1) is 19.8. The van der Waals surface area contributed by atoms with E-state index in [1.807, 2.05) is 0 Å². The molecule has 6 nitrogen and oxygen atoms in total. The number of carbonyl (C=O) groups is 1. The van der Waals surface area contributed by atoms with Crippen molar-refractivity contribution in [2.24, 2.45) is 5.92 Å². The summed E-state index contributed by atoms with van der Waals surface area (Å²) in [5.41, 5.74) is 1.13. The molecule has 2 rings (SSSR count). The van der Waals surface area contributed by atoms with Gasteiger partial charge in [-0.05, 0) is 37.3 Å². The highest BCUT2D eigenvalue weighted by Gasteiger charge is 2.38. The van der Waals surface area contributed by atoms with Gasteiger partial charge in [-0.3, -0.25) is 4.79 Å². The predicted octanol–water partition coefficient (Wildman–Crippen LogP) is 2.88. The van der Waals surface area contributed by atoms with Crippen LogP contribution in [0.3, 0.4) is 0 Å². The van der Waals surface area contributed by atoms with E-state index in [0.717, 1.165) is 0 Å². The molecule has 1 aliphatic rings. The van der Waals surface area contributed by atoms with Crippen molar-refractivity contribution in [2.75, 3.05) is 28.4 Å². The zero-order chi connectivity index (χ0) is 19.3. The molecule has 0 heterocycles. The minimum Gasteiger partial charge on any atom is -0.500 e. The first-order valence-electron chi connectivity index (χ1n) is 8.09. The maximum Gasteiger partial charge on any atom is 0.195 e. The van der Waals surface area contributed by atoms with Gasteiger partial charge in [-0.1, -0.05) is 6.08 Å². The van der Waals surface area contributed by atoms with Crippen molar-refractivity contribution in [3.63, 3.8) is 0 Å². The Morgan fingerprint density at radius 1 is 1.08 bits per heavy atom. The van der Waals surface area contributed by atoms with E-state index in [4.69, 9.17) is 18.9 Å². The first-order chi connectivity index (χ1) is 12.4. The summed E-state index contributed by atoms with van der Waals surface area (Å²) >= 11 is 0. The van der Waals surface area contributed by atoms with E-state index in [-0.39, 0.29) is 5.78 Å². The maximum absolute atomic E-state index is 12.5. The van der Waals surface area contributed by atoms with Crippen LogP contribution in [-0.2, 0) is 9.47 Å². The van der Waals surface area contributed by atoms with Gasteiger partial charge in [0.15, 0.2) is 11.6 Å². The number of ether oxygens (including phenoxy) is 4. The van der Waals surface area contributed by atoms with Gasteiger partial charge < -0.3 is 24.1 Å². The SMILES string of the molecule is COC1=C(C=CC(=O)c2cc(OC)cc(OC)c2)C=CC(O)(OC)C1C. The van der Waals surface area contributed by atoms with Crippen LogP contribution in [0.4, 0.5) is 0 Å². The molecule has 1 aromatic rings. The van der Waals surface area contributed by atoms with E-state index in [2.05, 4.69) is 0 Å². The fourth-order valence-corrected chi connectivity index (χ4v) is 2.76. The molecule has 0 saturated carbocycles. The summed E-state index contributed by atoms with van der Waals surface area (Å²) in [7, 11) is 6.00. The standard InChI is InChI=1S/C20H24O6/c1-13-19(25-4)14(8-9-20(13,22)26-5)6-7-18(21)15-10-16(23-2)12-17(11-15)24-3/h6-13,22H,1-5H3. The van der Waals surface area contributed by atoms with Gasteiger partial charge in [0, 0.05) is 24.3 Å². The second kappa shape index (κ2) is 8.21. The zero-order valence-corrected chi connectivity index (χ0v) is 15.6. The van der Waals surface area contributed by atoms with Crippen LogP contribution in [0.1, 0.15) is 17.3 Å². The molecule has 0 fully saturated rings. The summed E-state index contributed by atoms with van der Waals surface area (Å²) in [5.74, 6) is -0.465. The third-order valence-corrected chi connectivity index (χ3v) is 4.40. The van der Waals surface area contributed by atoms with E-state index < -0.39 is 11.7 Å². The smallest absolute Gasteiger partial charge is 0.195 e. The average molecular weight is 360 g/mol. The van der Waals surface area contributed by atoms with Crippen LogP contribution in [0, 0.1) is 5.92 Å². The molecule has 0 saturated heterocycles. The van der Waals surface area contributed by atoms with Crippen molar-refractivity contribution in [1.82, 2.24) is 0 Å². The Morgan fingerprint density at radius 3 is 2.19 bits per heavy atom. The molecule has 2 atom stereocenters. The van der Waals surface area contributed by atoms with Crippen molar-refractivity contribution in [3.8, 4) is 11.5 Å². The number of methoxy groups -OCH3 is 4. The highest BCUT2D eigenvalue weighted by atomic mass is 16.6. The lowest BCUT2D eigenvalue weighted by molar-refractivity contribution is -0.179. The van der Waals surface area contributed by atoms with Crippen LogP contribution >= 0.6 is 0 Å². The Kier molecular flexibility index (Phi) is 6.23. The van der Waals surface area contributed by atoms with Gasteiger partial charge >= 0.3 is 0 Å². The first-order valence-corrected chi connectivity index (χ1v) is 8.09. The van der Waals surface area contributed by atoms with Crippen molar-refractivity contribution in [3.05, 3.63) is 59.4 Å². The predicted molar refractivity (Wildman–Crippen MR) is 97.3 cm³/mol. The molecule has 2 unspecified atom stereocenters. The molecule has 140 valence electrons. The minimum atomic E-state index is -1.44. The lowest BCUT2D eigenvalue weighted by atomic mass is 9.89. The number of benzene rings is 1. The third kappa shape index (κ3) is 3.98. The van der Waals surface area contributed by atoms with E-state index in [0.29, 0.717) is 28.4 Å². The normalized spacial score (nSPS) is 22.6. The van der Waals surface area contributed by atoms with Gasteiger partial charge in [-0.2, -0.15) is 0 Å². The summed E-state index contributed by atoms with van der Waals surface area (Å²) < 4.78 is 20.9. The Morgan fingerprint density at radius 2 is 1.69 bits per heavy atom. The molecule has 0 aromatic heterocycles. The number of allylic oxidation sites excluding steroid dienone is 4. The van der Waals surface area contributed by atoms with Crippen LogP contribution in [0.5, 0.6) is 11.5 Å². The minimum absolute atomic E-state index is 0.209. The number of hydrogen-bond donors (Lipinski definition) is 1. The van der Waals surface area contributed by atoms with Crippen LogP contribution in [0.2, 0.25) is 0 Å². The molecule has 0 aliphatic heterocycles. The van der Waals surface area contributed by atoms with Gasteiger partial charge in [0.05, 0.1) is 27.2 Å². The van der Waals surface area contributed by atoms with Crippen molar-refractivity contribution >= 4 is 5.78 Å². The molecule has 26 heavy (non-hydrogen) atoms. The van der Waals surface area contributed by atoms with E-state index in [1.165, 1.54) is 34.5 Å². The molecule has 1 aromatic carbocycles. The Hall–Kier alpha value is -2.57. The highest BCUT2D eigenvalue weighted by Crippen LogP contribution is 2.34. The number of aliphatic hydroxyl groups is 1. The van der Waals surface area contributed by atoms with Gasteiger partial charge in [-0.15, -0.1) is 0 Å². The van der Waals surface area contributed by atoms with Gasteiger partial charge in [-0.25, -0.2) is 0 Å². The van der Waals surface area contributed by atoms with Crippen LogP contribution in [0.25, 0.3) is 0 Å². The summed E-state index contributed by atoms with van der Waals surface area (Å²) in [4.78, 5) is 12.5. The van der Waals surface area contributed by atoms with Crippen molar-refractivity contribution in [1.29, 1.82) is 0 Å². The summed E-state index contributed by atoms with van der Waals surface area (Å²) in [6, 6.07) is 4.98. The second-order valence-corrected chi connectivity index (χ2v) is 5.83. The quantitative estimate of drug-likeness (QED) is 0.458. The molecule has 1 N–H and O–H groups in total. The topological polar surface area (TPSA) is 74.2 Å². The summed E-state index contributed by atoms with van der Waals surface area (Å²) in [6.07, 6.45) is 6.29. The number of carbonyl (C=O) groups excluding carboxylic acids is 1. The fourth-order valence-electron chi connectivity index (χ4n) is 2.76. The Labute approximate surface area is 153 Å². The molecule has 6 heteroatoms. The largest absolute Gasteiger partial charge is 0.500 e. The summed E-state index contributed by atoms with van der Waals surface area (Å²) in [6.45, 7) is 1.79. The zero-order valence-electron chi connectivity index (χ0n) is 15.6. The van der Waals surface area contributed by atoms with Gasteiger partial charge in [0.2, 0.25) is 0 Å². The van der Waals surface area contributed by atoms with Crippen LogP contribution in [0.15, 0.2) is 53.8 Å². The molecular weight excluding hydrogens is 336 g/mol. The molecular formula is C20H24O6. The average Bonchev–Trinajstić information content (AvgIpc) is 2.68. The third-order valence-electron chi connectivity index (χ3n) is 4.40. The summed E-state index contributed by atoms with van der Waals surface area (Å²) in [5, 5.41) is 10.4. The number of rotatable bonds is 7. The molecule has 0 bridgehead atoms. The molecule has 1 aliphatic carbocycles. The van der Waals surface area contributed by atoms with Gasteiger partial charge in [0.1, 0.15) is 17.3 Å². The second-order valence-electron chi connectivity index (χ2n) is 5.83. The van der Waals surface area contributed by atoms with Crippen LogP contribution < -0.4 is 9.47 Å². The fraction of sp³-hybridized carbons (Fsp3) is 0.350. The van der Waals surface area contributed by atoms with Crippen LogP contribution in [-0.4, -0.2) is 45.1 Å². The van der Waals surface area contributed by atoms with E-state index in [9.17, 15) is 9.90 Å². The Bertz CT molecular complexity index is 739. The maximum atomic E-state index is 12.5. The molecule has 0 amide bonds. The molecule has 0 spiro atoms. The van der Waals surface area contributed by atoms with Gasteiger partial charge in [0.25, 0.3) is 0 Å². The lowest BCUT2D eigenvalue weighted by Crippen LogP contribution is -2.39. The van der Waals surface area contributed by atoms with Crippen molar-refractivity contribution < 1.29 is 28.8 Å². The highest BCUT2D eigenvalue weighted by molar-refractivity contribution is 6.05. The monoisotopic (exact) mass is 360 g/mol. The van der Waals surface area contributed by atoms with E-state index in [1.54, 1.807) is 43.4 Å². The van der Waals surface area contributed by atoms with Crippen molar-refractivity contribution in [2.45, 2.75) is 12.7 Å². The van der Waals surface area contributed by atoms with E-state index >= 15 is 0 Å². The Balaban J connectivity index is 2.30. The number of hydrogen-bond acceptors (Lipinski definition) is 6. The lowest BCUT2D eigenvalue weighted by Gasteiger charge is -2.34. The number of ketones is 1. The molecule has 0 radical (unpaired) electrons.